The van der Waals surface area contributed by atoms with Crippen LogP contribution in [0, 0.1) is 20.8 Å². The van der Waals surface area contributed by atoms with Gasteiger partial charge in [0.2, 0.25) is 0 Å². The van der Waals surface area contributed by atoms with E-state index in [1.54, 1.807) is 0 Å². The largest absolute Gasteiger partial charge is 0.374 e. The molecule has 0 bridgehead atoms. The molecular formula is C11H13N3S. The Labute approximate surface area is 93.1 Å². The summed E-state index contributed by atoms with van der Waals surface area (Å²) < 4.78 is 4.22. The van der Waals surface area contributed by atoms with Crippen molar-refractivity contribution in [3.05, 3.63) is 28.8 Å². The Bertz CT molecular complexity index is 503. The molecule has 3 nitrogen and oxygen atoms in total. The second-order valence-corrected chi connectivity index (χ2v) is 4.49. The van der Waals surface area contributed by atoms with Crippen LogP contribution in [0.25, 0.3) is 11.4 Å². The van der Waals surface area contributed by atoms with Crippen LogP contribution in [0.3, 0.4) is 0 Å². The molecule has 0 radical (unpaired) electrons. The summed E-state index contributed by atoms with van der Waals surface area (Å²) in [6.07, 6.45) is 0. The van der Waals surface area contributed by atoms with E-state index < -0.39 is 0 Å². The number of nitrogen functional groups attached to an aromatic ring is 1. The monoisotopic (exact) mass is 219 g/mol. The standard InChI is InChI=1S/C11H13N3S/c1-6-4-8(3)9(5-7(6)2)10-13-11(12)15-14-10/h4-5H,1-3H3,(H2,12,13,14). The lowest BCUT2D eigenvalue weighted by molar-refractivity contribution is 1.25. The summed E-state index contributed by atoms with van der Waals surface area (Å²) in [5.41, 5.74) is 10.4. The van der Waals surface area contributed by atoms with Crippen LogP contribution in [0.4, 0.5) is 5.13 Å². The Morgan fingerprint density at radius 2 is 1.73 bits per heavy atom. The summed E-state index contributed by atoms with van der Waals surface area (Å²) in [5, 5.41) is 0.516. The lowest BCUT2D eigenvalue weighted by Crippen LogP contribution is -1.90. The molecule has 0 atom stereocenters. The summed E-state index contributed by atoms with van der Waals surface area (Å²) in [7, 11) is 0. The van der Waals surface area contributed by atoms with Crippen molar-refractivity contribution in [3.8, 4) is 11.4 Å². The van der Waals surface area contributed by atoms with Crippen LogP contribution >= 0.6 is 11.5 Å². The minimum absolute atomic E-state index is 0.516. The first-order valence-corrected chi connectivity index (χ1v) is 5.52. The van der Waals surface area contributed by atoms with Crippen molar-refractivity contribution in [2.45, 2.75) is 20.8 Å². The highest BCUT2D eigenvalue weighted by atomic mass is 32.1. The minimum atomic E-state index is 0.516. The highest BCUT2D eigenvalue weighted by molar-refractivity contribution is 7.09. The molecule has 1 heterocycles. The van der Waals surface area contributed by atoms with Gasteiger partial charge < -0.3 is 5.73 Å². The fourth-order valence-electron chi connectivity index (χ4n) is 1.55. The fraction of sp³-hybridized carbons (Fsp3) is 0.273. The molecule has 0 aliphatic carbocycles. The molecule has 1 aromatic carbocycles. The van der Waals surface area contributed by atoms with Gasteiger partial charge in [0.1, 0.15) is 0 Å². The van der Waals surface area contributed by atoms with E-state index in [1.807, 2.05) is 0 Å². The summed E-state index contributed by atoms with van der Waals surface area (Å²) in [6.45, 7) is 6.27. The van der Waals surface area contributed by atoms with Gasteiger partial charge in [-0.3, -0.25) is 0 Å². The van der Waals surface area contributed by atoms with Gasteiger partial charge in [-0.2, -0.15) is 9.36 Å². The van der Waals surface area contributed by atoms with E-state index in [4.69, 9.17) is 5.73 Å². The lowest BCUT2D eigenvalue weighted by Gasteiger charge is -2.06. The van der Waals surface area contributed by atoms with Crippen LogP contribution < -0.4 is 5.73 Å². The molecule has 0 saturated heterocycles. The maximum absolute atomic E-state index is 5.58. The smallest absolute Gasteiger partial charge is 0.200 e. The molecular weight excluding hydrogens is 206 g/mol. The van der Waals surface area contributed by atoms with Crippen molar-refractivity contribution in [2.75, 3.05) is 5.73 Å². The summed E-state index contributed by atoms with van der Waals surface area (Å²) >= 11 is 1.23. The van der Waals surface area contributed by atoms with Crippen molar-refractivity contribution >= 4 is 16.7 Å². The third-order valence-corrected chi connectivity index (χ3v) is 3.07. The maximum atomic E-state index is 5.58. The van der Waals surface area contributed by atoms with Crippen LogP contribution in [0.1, 0.15) is 16.7 Å². The molecule has 0 amide bonds. The van der Waals surface area contributed by atoms with Crippen LogP contribution in [-0.2, 0) is 0 Å². The van der Waals surface area contributed by atoms with Gasteiger partial charge in [-0.25, -0.2) is 0 Å². The number of nitrogens with zero attached hydrogens (tertiary/aromatic N) is 2. The van der Waals surface area contributed by atoms with Gasteiger partial charge in [0.15, 0.2) is 11.0 Å². The molecule has 4 heteroatoms. The Kier molecular flexibility index (Phi) is 2.44. The number of hydrogen-bond acceptors (Lipinski definition) is 4. The molecule has 2 N–H and O–H groups in total. The van der Waals surface area contributed by atoms with E-state index in [0.717, 1.165) is 11.4 Å². The van der Waals surface area contributed by atoms with Crippen LogP contribution in [0.5, 0.6) is 0 Å². The van der Waals surface area contributed by atoms with Crippen molar-refractivity contribution in [1.29, 1.82) is 0 Å². The summed E-state index contributed by atoms with van der Waals surface area (Å²) in [5.74, 6) is 0.734. The van der Waals surface area contributed by atoms with Gasteiger partial charge in [-0.1, -0.05) is 6.07 Å². The third kappa shape index (κ3) is 1.85. The maximum Gasteiger partial charge on any atom is 0.200 e. The average Bonchev–Trinajstić information content (AvgIpc) is 2.58. The molecule has 0 fully saturated rings. The van der Waals surface area contributed by atoms with Crippen LogP contribution in [0.2, 0.25) is 0 Å². The second-order valence-electron chi connectivity index (χ2n) is 3.71. The summed E-state index contributed by atoms with van der Waals surface area (Å²) in [6, 6.07) is 4.27. The first kappa shape index (κ1) is 10.1. The van der Waals surface area contributed by atoms with Crippen molar-refractivity contribution in [1.82, 2.24) is 9.36 Å². The van der Waals surface area contributed by atoms with Crippen molar-refractivity contribution in [2.24, 2.45) is 0 Å². The molecule has 0 unspecified atom stereocenters. The van der Waals surface area contributed by atoms with E-state index in [9.17, 15) is 0 Å². The Balaban J connectivity index is 2.58. The van der Waals surface area contributed by atoms with Gasteiger partial charge in [-0.15, -0.1) is 0 Å². The number of hydrogen-bond donors (Lipinski definition) is 1. The number of aromatic nitrogens is 2. The molecule has 15 heavy (non-hydrogen) atoms. The van der Waals surface area contributed by atoms with Gasteiger partial charge in [0, 0.05) is 17.1 Å². The number of nitrogens with two attached hydrogens (primary N) is 1. The topological polar surface area (TPSA) is 51.8 Å². The quantitative estimate of drug-likeness (QED) is 0.802. The molecule has 0 aliphatic heterocycles. The van der Waals surface area contributed by atoms with E-state index in [1.165, 1.54) is 28.2 Å². The van der Waals surface area contributed by atoms with E-state index in [0.29, 0.717) is 5.13 Å². The average molecular weight is 219 g/mol. The Morgan fingerprint density at radius 1 is 1.07 bits per heavy atom. The van der Waals surface area contributed by atoms with E-state index >= 15 is 0 Å². The van der Waals surface area contributed by atoms with Crippen LogP contribution in [0.15, 0.2) is 12.1 Å². The van der Waals surface area contributed by atoms with Gasteiger partial charge >= 0.3 is 0 Å². The predicted octanol–water partition coefficient (Wildman–Crippen LogP) is 2.71. The highest BCUT2D eigenvalue weighted by Gasteiger charge is 2.09. The second kappa shape index (κ2) is 3.62. The number of rotatable bonds is 1. The van der Waals surface area contributed by atoms with Gasteiger partial charge in [0.25, 0.3) is 0 Å². The van der Waals surface area contributed by atoms with E-state index in [-0.39, 0.29) is 0 Å². The zero-order valence-corrected chi connectivity index (χ0v) is 9.85. The minimum Gasteiger partial charge on any atom is -0.374 e. The predicted molar refractivity (Wildman–Crippen MR) is 64.0 cm³/mol. The number of benzene rings is 1. The zero-order valence-electron chi connectivity index (χ0n) is 9.03. The SMILES string of the molecule is Cc1cc(C)c(-c2nsc(N)n2)cc1C. The molecule has 2 rings (SSSR count). The number of aryl methyl sites for hydroxylation is 3. The molecule has 0 spiro atoms. The summed E-state index contributed by atoms with van der Waals surface area (Å²) in [4.78, 5) is 4.20. The Morgan fingerprint density at radius 3 is 2.33 bits per heavy atom. The van der Waals surface area contributed by atoms with Gasteiger partial charge in [-0.05, 0) is 43.5 Å². The molecule has 78 valence electrons. The van der Waals surface area contributed by atoms with Gasteiger partial charge in [0.05, 0.1) is 0 Å². The third-order valence-electron chi connectivity index (χ3n) is 2.52. The molecule has 0 aliphatic rings. The fourth-order valence-corrected chi connectivity index (χ4v) is 1.99. The first-order valence-electron chi connectivity index (χ1n) is 4.75. The molecule has 1 aromatic heterocycles. The first-order chi connectivity index (χ1) is 7.08. The van der Waals surface area contributed by atoms with Crippen molar-refractivity contribution < 1.29 is 0 Å². The number of anilines is 1. The molecule has 2 aromatic rings. The Hall–Kier alpha value is -1.42. The lowest BCUT2D eigenvalue weighted by atomic mass is 10.0. The zero-order chi connectivity index (χ0) is 11.0. The van der Waals surface area contributed by atoms with Crippen molar-refractivity contribution in [3.63, 3.8) is 0 Å². The highest BCUT2D eigenvalue weighted by Crippen LogP contribution is 2.25. The van der Waals surface area contributed by atoms with Crippen LogP contribution in [-0.4, -0.2) is 9.36 Å². The molecule has 0 saturated carbocycles. The van der Waals surface area contributed by atoms with E-state index in [2.05, 4.69) is 42.3 Å². The normalized spacial score (nSPS) is 10.6.